The van der Waals surface area contributed by atoms with Crippen LogP contribution in [0.5, 0.6) is 0 Å². The summed E-state index contributed by atoms with van der Waals surface area (Å²) in [6.45, 7) is 0. The molecular weight excluding hydrogens is 432 g/mol. The van der Waals surface area contributed by atoms with Crippen molar-refractivity contribution < 1.29 is 0 Å². The van der Waals surface area contributed by atoms with Gasteiger partial charge in [-0.15, -0.1) is 0 Å². The Bertz CT molecular complexity index is 1560. The van der Waals surface area contributed by atoms with Gasteiger partial charge < -0.3 is 4.57 Å². The van der Waals surface area contributed by atoms with Crippen molar-refractivity contribution in [2.24, 2.45) is 0 Å². The summed E-state index contributed by atoms with van der Waals surface area (Å²) in [4.78, 5) is 22.2. The number of pyridine rings is 1. The van der Waals surface area contributed by atoms with Crippen LogP contribution < -0.4 is 5.56 Å². The lowest BCUT2D eigenvalue weighted by atomic mass is 9.77. The zero-order chi connectivity index (χ0) is 23.7. The first-order valence-corrected chi connectivity index (χ1v) is 11.5. The molecule has 0 aliphatic rings. The molecule has 5 heteroatoms. The van der Waals surface area contributed by atoms with E-state index < -0.39 is 5.54 Å². The number of hydrogen-bond donors (Lipinski definition) is 0. The topological polar surface area (TPSA) is 52.2 Å². The fourth-order valence-corrected chi connectivity index (χ4v) is 4.81. The monoisotopic (exact) mass is 454 g/mol. The second kappa shape index (κ2) is 8.54. The minimum atomic E-state index is -0.666. The Morgan fingerprint density at radius 3 is 1.74 bits per heavy atom. The minimum absolute atomic E-state index is 0.138. The van der Waals surface area contributed by atoms with Gasteiger partial charge in [0, 0.05) is 18.5 Å². The first kappa shape index (κ1) is 20.8. The fraction of sp³-hybridized carbons (Fsp3) is 0.0333. The predicted octanol–water partition coefficient (Wildman–Crippen LogP) is 5.40. The molecule has 0 fully saturated rings. The van der Waals surface area contributed by atoms with Crippen molar-refractivity contribution in [3.63, 3.8) is 0 Å². The Hall–Kier alpha value is -4.77. The minimum Gasteiger partial charge on any atom is -0.318 e. The highest BCUT2D eigenvalue weighted by molar-refractivity contribution is 5.58. The molecule has 0 amide bonds. The average Bonchev–Trinajstić information content (AvgIpc) is 3.42. The van der Waals surface area contributed by atoms with Gasteiger partial charge in [0.15, 0.2) is 0 Å². The van der Waals surface area contributed by atoms with Crippen molar-refractivity contribution in [3.8, 4) is 11.4 Å². The molecule has 3 heterocycles. The van der Waals surface area contributed by atoms with Gasteiger partial charge in [-0.1, -0.05) is 97.1 Å². The van der Waals surface area contributed by atoms with Crippen molar-refractivity contribution in [2.45, 2.75) is 5.54 Å². The Kier molecular flexibility index (Phi) is 5.08. The zero-order valence-corrected chi connectivity index (χ0v) is 18.9. The summed E-state index contributed by atoms with van der Waals surface area (Å²) in [6.07, 6.45) is 5.53. The quantitative estimate of drug-likeness (QED) is 0.328. The van der Waals surface area contributed by atoms with Crippen LogP contribution in [0.25, 0.3) is 17.0 Å². The molecule has 0 N–H and O–H groups in total. The number of nitrogens with zero attached hydrogens (tertiary/aromatic N) is 4. The zero-order valence-electron chi connectivity index (χ0n) is 18.9. The van der Waals surface area contributed by atoms with E-state index in [1.54, 1.807) is 6.20 Å². The van der Waals surface area contributed by atoms with E-state index in [9.17, 15) is 4.79 Å². The van der Waals surface area contributed by atoms with Gasteiger partial charge >= 0.3 is 0 Å². The van der Waals surface area contributed by atoms with Gasteiger partial charge in [-0.05, 0) is 28.8 Å². The van der Waals surface area contributed by atoms with Crippen molar-refractivity contribution >= 4 is 5.65 Å². The second-order valence-corrected chi connectivity index (χ2v) is 8.38. The number of fused-ring (bicyclic) bond motifs is 1. The summed E-state index contributed by atoms with van der Waals surface area (Å²) in [5, 5.41) is 0. The van der Waals surface area contributed by atoms with Crippen LogP contribution >= 0.6 is 0 Å². The maximum atomic E-state index is 12.7. The van der Waals surface area contributed by atoms with Gasteiger partial charge in [0.1, 0.15) is 16.9 Å². The number of benzene rings is 3. The highest BCUT2D eigenvalue weighted by Crippen LogP contribution is 2.41. The third kappa shape index (κ3) is 3.45. The Balaban J connectivity index is 1.62. The normalized spacial score (nSPS) is 11.5. The van der Waals surface area contributed by atoms with Crippen molar-refractivity contribution in [3.05, 3.63) is 161 Å². The van der Waals surface area contributed by atoms with Gasteiger partial charge in [0.25, 0.3) is 5.56 Å². The highest BCUT2D eigenvalue weighted by Gasteiger charge is 2.38. The van der Waals surface area contributed by atoms with E-state index >= 15 is 0 Å². The van der Waals surface area contributed by atoms with Crippen LogP contribution in [0.2, 0.25) is 0 Å². The smallest absolute Gasteiger partial charge is 0.258 e. The SMILES string of the molecule is O=c1cc(-c2cn(C(c3ccccc3)(c3ccccc3)c3ccccc3)cn2)nc2ccccn12. The van der Waals surface area contributed by atoms with Crippen LogP contribution in [0.3, 0.4) is 0 Å². The number of aromatic nitrogens is 4. The van der Waals surface area contributed by atoms with Gasteiger partial charge in [-0.25, -0.2) is 9.97 Å². The van der Waals surface area contributed by atoms with Crippen molar-refractivity contribution in [2.75, 3.05) is 0 Å². The third-order valence-electron chi connectivity index (χ3n) is 6.38. The molecule has 168 valence electrons. The maximum Gasteiger partial charge on any atom is 0.258 e. The van der Waals surface area contributed by atoms with Crippen LogP contribution in [-0.4, -0.2) is 18.9 Å². The lowest BCUT2D eigenvalue weighted by molar-refractivity contribution is 0.515. The Morgan fingerprint density at radius 1 is 0.629 bits per heavy atom. The largest absolute Gasteiger partial charge is 0.318 e. The molecule has 0 saturated heterocycles. The molecule has 0 aliphatic carbocycles. The van der Waals surface area contributed by atoms with Gasteiger partial charge in [0.05, 0.1) is 12.0 Å². The summed E-state index contributed by atoms with van der Waals surface area (Å²) in [5.74, 6) is 0. The van der Waals surface area contributed by atoms with Crippen LogP contribution in [0.4, 0.5) is 0 Å². The molecule has 3 aromatic carbocycles. The molecule has 0 unspecified atom stereocenters. The summed E-state index contributed by atoms with van der Waals surface area (Å²) in [5.41, 5.74) is 4.28. The molecule has 5 nitrogen and oxygen atoms in total. The molecule has 0 saturated carbocycles. The molecule has 0 radical (unpaired) electrons. The first-order valence-electron chi connectivity index (χ1n) is 11.5. The van der Waals surface area contributed by atoms with Crippen molar-refractivity contribution in [1.82, 2.24) is 18.9 Å². The molecule has 0 aliphatic heterocycles. The molecule has 0 atom stereocenters. The van der Waals surface area contributed by atoms with Crippen LogP contribution in [-0.2, 0) is 5.54 Å². The fourth-order valence-electron chi connectivity index (χ4n) is 4.81. The lowest BCUT2D eigenvalue weighted by Gasteiger charge is -2.37. The highest BCUT2D eigenvalue weighted by atomic mass is 16.1. The van der Waals surface area contributed by atoms with E-state index in [-0.39, 0.29) is 5.56 Å². The molecular formula is C30H22N4O. The van der Waals surface area contributed by atoms with E-state index in [0.29, 0.717) is 17.0 Å². The van der Waals surface area contributed by atoms with Crippen LogP contribution in [0.1, 0.15) is 16.7 Å². The number of rotatable bonds is 5. The van der Waals surface area contributed by atoms with E-state index in [1.807, 2.05) is 48.9 Å². The second-order valence-electron chi connectivity index (χ2n) is 8.38. The average molecular weight is 455 g/mol. The molecule has 0 spiro atoms. The Labute approximate surface area is 202 Å². The third-order valence-corrected chi connectivity index (χ3v) is 6.38. The molecule has 3 aromatic heterocycles. The van der Waals surface area contributed by atoms with Gasteiger partial charge in [-0.2, -0.15) is 0 Å². The summed E-state index contributed by atoms with van der Waals surface area (Å²) < 4.78 is 3.65. The number of imidazole rings is 1. The first-order chi connectivity index (χ1) is 17.3. The predicted molar refractivity (Wildman–Crippen MR) is 137 cm³/mol. The lowest BCUT2D eigenvalue weighted by Crippen LogP contribution is -2.36. The summed E-state index contributed by atoms with van der Waals surface area (Å²) >= 11 is 0. The van der Waals surface area contributed by atoms with E-state index in [1.165, 1.54) is 10.5 Å². The van der Waals surface area contributed by atoms with Crippen molar-refractivity contribution in [1.29, 1.82) is 0 Å². The molecule has 6 rings (SSSR count). The van der Waals surface area contributed by atoms with Crippen LogP contribution in [0, 0.1) is 0 Å². The standard InChI is InChI=1S/C30H22N4O/c35-29-20-26(32-28-18-10-11-19-34(28)29)27-21-33(22-31-27)30(23-12-4-1-5-13-23,24-14-6-2-7-15-24)25-16-8-3-9-17-25/h1-22H. The summed E-state index contributed by atoms with van der Waals surface area (Å²) in [6, 6.07) is 38.3. The van der Waals surface area contributed by atoms with E-state index in [4.69, 9.17) is 9.97 Å². The maximum absolute atomic E-state index is 12.7. The van der Waals surface area contributed by atoms with Gasteiger partial charge in [-0.3, -0.25) is 9.20 Å². The molecule has 6 aromatic rings. The molecule has 35 heavy (non-hydrogen) atoms. The Morgan fingerprint density at radius 2 is 1.17 bits per heavy atom. The van der Waals surface area contributed by atoms with Gasteiger partial charge in [0.2, 0.25) is 0 Å². The summed E-state index contributed by atoms with van der Waals surface area (Å²) in [7, 11) is 0. The van der Waals surface area contributed by atoms with Crippen LogP contribution in [0.15, 0.2) is 139 Å². The van der Waals surface area contributed by atoms with E-state index in [0.717, 1.165) is 16.7 Å². The number of hydrogen-bond acceptors (Lipinski definition) is 3. The van der Waals surface area contributed by atoms with E-state index in [2.05, 4.69) is 77.4 Å². The molecule has 0 bridgehead atoms.